The number of hydrogen-bond donors (Lipinski definition) is 2. The van der Waals surface area contributed by atoms with E-state index in [0.717, 1.165) is 18.8 Å². The number of hydrogen-bond acceptors (Lipinski definition) is 4. The van der Waals surface area contributed by atoms with Crippen LogP contribution in [0.15, 0.2) is 10.9 Å². The van der Waals surface area contributed by atoms with E-state index >= 15 is 0 Å². The van der Waals surface area contributed by atoms with Gasteiger partial charge in [0, 0.05) is 24.5 Å². The van der Waals surface area contributed by atoms with Gasteiger partial charge in [-0.1, -0.05) is 20.8 Å². The number of nitrogens with two attached hydrogens (primary N) is 1. The molecule has 1 rings (SSSR count). The maximum Gasteiger partial charge on any atom is 0.0795 e. The third kappa shape index (κ3) is 3.74. The second-order valence-corrected chi connectivity index (χ2v) is 5.30. The van der Waals surface area contributed by atoms with Crippen LogP contribution in [0.25, 0.3) is 0 Å². The second kappa shape index (κ2) is 4.87. The van der Waals surface area contributed by atoms with Gasteiger partial charge in [0.05, 0.1) is 11.2 Å². The van der Waals surface area contributed by atoms with E-state index in [2.05, 4.69) is 36.5 Å². The molecule has 1 aromatic rings. The van der Waals surface area contributed by atoms with Crippen molar-refractivity contribution in [1.82, 2.24) is 10.3 Å². The molecule has 0 bridgehead atoms. The Morgan fingerprint density at radius 2 is 2.29 bits per heavy atom. The summed E-state index contributed by atoms with van der Waals surface area (Å²) in [5, 5.41) is 5.36. The van der Waals surface area contributed by atoms with Crippen LogP contribution in [0.2, 0.25) is 0 Å². The van der Waals surface area contributed by atoms with Crippen LogP contribution in [0.1, 0.15) is 26.5 Å². The lowest BCUT2D eigenvalue weighted by molar-refractivity contribution is 0.309. The van der Waals surface area contributed by atoms with Gasteiger partial charge in [-0.25, -0.2) is 4.98 Å². The van der Waals surface area contributed by atoms with Gasteiger partial charge < -0.3 is 11.1 Å². The van der Waals surface area contributed by atoms with Gasteiger partial charge in [0.2, 0.25) is 0 Å². The predicted octanol–water partition coefficient (Wildman–Crippen LogP) is 1.61. The van der Waals surface area contributed by atoms with Crippen molar-refractivity contribution in [2.45, 2.75) is 33.4 Å². The molecule has 0 aliphatic carbocycles. The Bertz CT molecular complexity index is 251. The molecule has 0 aliphatic rings. The van der Waals surface area contributed by atoms with Gasteiger partial charge in [-0.05, 0) is 5.41 Å². The molecule has 0 saturated carbocycles. The predicted molar refractivity (Wildman–Crippen MR) is 61.3 cm³/mol. The summed E-state index contributed by atoms with van der Waals surface area (Å²) in [6.07, 6.45) is 0. The zero-order valence-corrected chi connectivity index (χ0v) is 9.90. The Hall–Kier alpha value is -0.450. The smallest absolute Gasteiger partial charge is 0.0795 e. The molecule has 0 radical (unpaired) electrons. The first-order chi connectivity index (χ1) is 6.50. The van der Waals surface area contributed by atoms with Crippen LogP contribution < -0.4 is 11.1 Å². The molecule has 4 heteroatoms. The van der Waals surface area contributed by atoms with Crippen molar-refractivity contribution >= 4 is 11.3 Å². The Morgan fingerprint density at radius 1 is 1.57 bits per heavy atom. The molecule has 80 valence electrons. The molecule has 0 amide bonds. The Balaban J connectivity index is 2.22. The van der Waals surface area contributed by atoms with Crippen molar-refractivity contribution < 1.29 is 0 Å². The molecule has 1 atom stereocenters. The minimum absolute atomic E-state index is 0.162. The van der Waals surface area contributed by atoms with Crippen molar-refractivity contribution in [2.75, 3.05) is 6.54 Å². The molecule has 0 aromatic carbocycles. The van der Waals surface area contributed by atoms with E-state index in [0.29, 0.717) is 0 Å². The molecular weight excluding hydrogens is 194 g/mol. The van der Waals surface area contributed by atoms with Gasteiger partial charge in [0.1, 0.15) is 0 Å². The van der Waals surface area contributed by atoms with Gasteiger partial charge in [0.25, 0.3) is 0 Å². The maximum absolute atomic E-state index is 6.01. The lowest BCUT2D eigenvalue weighted by Crippen LogP contribution is -2.43. The molecule has 0 aliphatic heterocycles. The number of nitrogens with one attached hydrogen (secondary N) is 1. The standard InChI is InChI=1S/C10H19N3S/c1-10(2,3)9(11)5-12-4-8-6-14-7-13-8/h6-7,9,12H,4-5,11H2,1-3H3. The van der Waals surface area contributed by atoms with Crippen molar-refractivity contribution in [1.29, 1.82) is 0 Å². The largest absolute Gasteiger partial charge is 0.326 e. The first-order valence-electron chi connectivity index (χ1n) is 4.83. The third-order valence-corrected chi connectivity index (χ3v) is 2.90. The topological polar surface area (TPSA) is 50.9 Å². The summed E-state index contributed by atoms with van der Waals surface area (Å²) >= 11 is 1.62. The minimum atomic E-state index is 0.162. The van der Waals surface area contributed by atoms with Crippen LogP contribution in [0, 0.1) is 5.41 Å². The van der Waals surface area contributed by atoms with E-state index in [9.17, 15) is 0 Å². The van der Waals surface area contributed by atoms with Crippen LogP contribution >= 0.6 is 11.3 Å². The van der Waals surface area contributed by atoms with Gasteiger partial charge in [-0.15, -0.1) is 11.3 Å². The van der Waals surface area contributed by atoms with Crippen LogP contribution in [0.5, 0.6) is 0 Å². The molecule has 1 unspecified atom stereocenters. The first kappa shape index (κ1) is 11.6. The lowest BCUT2D eigenvalue weighted by atomic mass is 9.87. The average molecular weight is 213 g/mol. The van der Waals surface area contributed by atoms with Crippen LogP contribution in [0.4, 0.5) is 0 Å². The normalized spacial score (nSPS) is 14.3. The average Bonchev–Trinajstić information content (AvgIpc) is 2.55. The third-order valence-electron chi connectivity index (χ3n) is 2.27. The lowest BCUT2D eigenvalue weighted by Gasteiger charge is -2.27. The van der Waals surface area contributed by atoms with Crippen LogP contribution in [-0.2, 0) is 6.54 Å². The highest BCUT2D eigenvalue weighted by Crippen LogP contribution is 2.16. The van der Waals surface area contributed by atoms with Crippen molar-refractivity contribution in [3.63, 3.8) is 0 Å². The Labute approximate surface area is 89.7 Å². The second-order valence-electron chi connectivity index (χ2n) is 4.58. The fourth-order valence-electron chi connectivity index (χ4n) is 0.987. The Morgan fingerprint density at radius 3 is 2.79 bits per heavy atom. The number of nitrogens with zero attached hydrogens (tertiary/aromatic N) is 1. The molecule has 14 heavy (non-hydrogen) atoms. The molecule has 3 nitrogen and oxygen atoms in total. The number of thiazole rings is 1. The minimum Gasteiger partial charge on any atom is -0.326 e. The van der Waals surface area contributed by atoms with Gasteiger partial charge >= 0.3 is 0 Å². The van der Waals surface area contributed by atoms with Crippen molar-refractivity contribution in [3.05, 3.63) is 16.6 Å². The molecular formula is C10H19N3S. The Kier molecular flexibility index (Phi) is 4.04. The molecule has 3 N–H and O–H groups in total. The molecule has 0 fully saturated rings. The van der Waals surface area contributed by atoms with E-state index in [4.69, 9.17) is 5.73 Å². The summed E-state index contributed by atoms with van der Waals surface area (Å²) < 4.78 is 0. The summed E-state index contributed by atoms with van der Waals surface area (Å²) in [5.74, 6) is 0. The van der Waals surface area contributed by atoms with Crippen molar-refractivity contribution in [3.8, 4) is 0 Å². The highest BCUT2D eigenvalue weighted by Gasteiger charge is 2.19. The fourth-order valence-corrected chi connectivity index (χ4v) is 1.55. The van der Waals surface area contributed by atoms with Crippen LogP contribution in [0.3, 0.4) is 0 Å². The van der Waals surface area contributed by atoms with E-state index < -0.39 is 0 Å². The van der Waals surface area contributed by atoms with Crippen molar-refractivity contribution in [2.24, 2.45) is 11.1 Å². The zero-order valence-electron chi connectivity index (χ0n) is 9.08. The highest BCUT2D eigenvalue weighted by atomic mass is 32.1. The quantitative estimate of drug-likeness (QED) is 0.799. The van der Waals surface area contributed by atoms with E-state index in [1.165, 1.54) is 0 Å². The molecule has 0 spiro atoms. The van der Waals surface area contributed by atoms with Gasteiger partial charge in [-0.3, -0.25) is 0 Å². The maximum atomic E-state index is 6.01. The number of rotatable bonds is 4. The zero-order chi connectivity index (χ0) is 10.6. The highest BCUT2D eigenvalue weighted by molar-refractivity contribution is 7.07. The summed E-state index contributed by atoms with van der Waals surface area (Å²) in [6, 6.07) is 0.182. The molecule has 0 saturated heterocycles. The summed E-state index contributed by atoms with van der Waals surface area (Å²) in [6.45, 7) is 8.11. The van der Waals surface area contributed by atoms with E-state index in [1.54, 1.807) is 11.3 Å². The summed E-state index contributed by atoms with van der Waals surface area (Å²) in [5.41, 5.74) is 9.11. The summed E-state index contributed by atoms with van der Waals surface area (Å²) in [7, 11) is 0. The van der Waals surface area contributed by atoms with E-state index in [-0.39, 0.29) is 11.5 Å². The van der Waals surface area contributed by atoms with Crippen LogP contribution in [-0.4, -0.2) is 17.6 Å². The van der Waals surface area contributed by atoms with Gasteiger partial charge in [0.15, 0.2) is 0 Å². The summed E-state index contributed by atoms with van der Waals surface area (Å²) in [4.78, 5) is 4.19. The SMILES string of the molecule is CC(C)(C)C(N)CNCc1cscn1. The van der Waals surface area contributed by atoms with E-state index in [1.807, 2.05) is 5.51 Å². The monoisotopic (exact) mass is 213 g/mol. The molecule has 1 aromatic heterocycles. The number of aromatic nitrogens is 1. The first-order valence-corrected chi connectivity index (χ1v) is 5.78. The fraction of sp³-hybridized carbons (Fsp3) is 0.700. The van der Waals surface area contributed by atoms with Gasteiger partial charge in [-0.2, -0.15) is 0 Å². The molecule has 1 heterocycles.